The predicted molar refractivity (Wildman–Crippen MR) is 104 cm³/mol. The Morgan fingerprint density at radius 2 is 1.86 bits per heavy atom. The average molecular weight is 403 g/mol. The number of halogens is 3. The number of aliphatic hydroxyl groups is 1. The Kier molecular flexibility index (Phi) is 6.28. The molecule has 0 aliphatic rings. The van der Waals surface area contributed by atoms with Gasteiger partial charge in [-0.3, -0.25) is 4.98 Å². The fourth-order valence-electron chi connectivity index (χ4n) is 2.59. The van der Waals surface area contributed by atoms with Gasteiger partial charge >= 0.3 is 0 Å². The highest BCUT2D eigenvalue weighted by molar-refractivity contribution is 5.67. The molecule has 0 aliphatic carbocycles. The number of benzene rings is 1. The van der Waals surface area contributed by atoms with Crippen LogP contribution >= 0.6 is 0 Å². The quantitative estimate of drug-likeness (QED) is 0.515. The second kappa shape index (κ2) is 8.87. The second-order valence-electron chi connectivity index (χ2n) is 6.73. The summed E-state index contributed by atoms with van der Waals surface area (Å²) in [6.45, 7) is 3.71. The van der Waals surface area contributed by atoms with E-state index in [1.54, 1.807) is 24.5 Å². The number of nitrogens with one attached hydrogen (secondary N) is 2. The molecule has 3 N–H and O–H groups in total. The number of anilines is 3. The van der Waals surface area contributed by atoms with Crippen molar-refractivity contribution in [3.8, 4) is 11.3 Å². The van der Waals surface area contributed by atoms with Crippen LogP contribution in [0.15, 0.2) is 42.7 Å². The zero-order chi connectivity index (χ0) is 21.0. The first-order valence-corrected chi connectivity index (χ1v) is 8.96. The van der Waals surface area contributed by atoms with Gasteiger partial charge in [-0.15, -0.1) is 0 Å². The topological polar surface area (TPSA) is 83.0 Å². The summed E-state index contributed by atoms with van der Waals surface area (Å²) in [6, 6.07) is 6.64. The molecule has 0 bridgehead atoms. The summed E-state index contributed by atoms with van der Waals surface area (Å²) in [7, 11) is 0. The highest BCUT2D eigenvalue weighted by Gasteiger charge is 2.17. The molecule has 0 fully saturated rings. The van der Waals surface area contributed by atoms with E-state index in [0.717, 1.165) is 12.1 Å². The van der Waals surface area contributed by atoms with Crippen LogP contribution < -0.4 is 10.6 Å². The Hall–Kier alpha value is -3.20. The van der Waals surface area contributed by atoms with E-state index in [0.29, 0.717) is 11.3 Å². The van der Waals surface area contributed by atoms with E-state index >= 15 is 0 Å². The van der Waals surface area contributed by atoms with Crippen LogP contribution in [0, 0.1) is 23.4 Å². The molecule has 6 nitrogen and oxygen atoms in total. The summed E-state index contributed by atoms with van der Waals surface area (Å²) in [6.07, 6.45) is 3.21. The van der Waals surface area contributed by atoms with Gasteiger partial charge < -0.3 is 15.7 Å². The zero-order valence-electron chi connectivity index (χ0n) is 15.8. The van der Waals surface area contributed by atoms with Gasteiger partial charge in [0.2, 0.25) is 5.95 Å². The fraction of sp³-hybridized carbons (Fsp3) is 0.250. The molecule has 2 heterocycles. The number of pyridine rings is 1. The first kappa shape index (κ1) is 20.5. The number of aliphatic hydroxyl groups excluding tert-OH is 1. The Balaban J connectivity index is 2.01. The molecule has 29 heavy (non-hydrogen) atoms. The average Bonchev–Trinajstić information content (AvgIpc) is 2.72. The maximum absolute atomic E-state index is 14.1. The minimum Gasteiger partial charge on any atom is -0.394 e. The van der Waals surface area contributed by atoms with E-state index in [1.165, 1.54) is 6.07 Å². The molecule has 0 saturated carbocycles. The van der Waals surface area contributed by atoms with Crippen molar-refractivity contribution in [3.05, 3.63) is 60.2 Å². The molecule has 0 amide bonds. The van der Waals surface area contributed by atoms with Crippen molar-refractivity contribution in [3.63, 3.8) is 0 Å². The van der Waals surface area contributed by atoms with E-state index in [-0.39, 0.29) is 36.0 Å². The van der Waals surface area contributed by atoms with Crippen LogP contribution in [0.2, 0.25) is 0 Å². The van der Waals surface area contributed by atoms with E-state index in [1.807, 2.05) is 13.8 Å². The maximum atomic E-state index is 14.1. The predicted octanol–water partition coefficient (Wildman–Crippen LogP) is 4.13. The van der Waals surface area contributed by atoms with Crippen molar-refractivity contribution in [2.24, 2.45) is 5.92 Å². The van der Waals surface area contributed by atoms with E-state index < -0.39 is 17.5 Å². The summed E-state index contributed by atoms with van der Waals surface area (Å²) in [5.41, 5.74) is 0.881. The zero-order valence-corrected chi connectivity index (χ0v) is 15.8. The summed E-state index contributed by atoms with van der Waals surface area (Å²) >= 11 is 0. The molecule has 1 atom stereocenters. The number of hydrogen-bond donors (Lipinski definition) is 3. The molecule has 0 radical (unpaired) electrons. The van der Waals surface area contributed by atoms with Crippen LogP contribution in [-0.2, 0) is 0 Å². The highest BCUT2D eigenvalue weighted by atomic mass is 19.2. The third-order valence-corrected chi connectivity index (χ3v) is 4.30. The normalized spacial score (nSPS) is 12.1. The van der Waals surface area contributed by atoms with Crippen molar-refractivity contribution in [1.29, 1.82) is 0 Å². The Labute approximate surface area is 165 Å². The lowest BCUT2D eigenvalue weighted by molar-refractivity contribution is 0.248. The van der Waals surface area contributed by atoms with Gasteiger partial charge in [-0.2, -0.15) is 4.98 Å². The van der Waals surface area contributed by atoms with Crippen LogP contribution in [-0.4, -0.2) is 32.7 Å². The van der Waals surface area contributed by atoms with E-state index in [9.17, 15) is 18.3 Å². The molecule has 3 rings (SSSR count). The number of rotatable bonds is 7. The molecule has 3 aromatic rings. The SMILES string of the molecule is CC(C)[C@H](CO)Nc1nc(Nc2ccc(F)c(F)c2F)cc(-c2cccnc2)n1. The lowest BCUT2D eigenvalue weighted by atomic mass is 10.1. The lowest BCUT2D eigenvalue weighted by Crippen LogP contribution is -2.30. The van der Waals surface area contributed by atoms with Crippen molar-refractivity contribution in [1.82, 2.24) is 15.0 Å². The standard InChI is InChI=1S/C20H20F3N5O/c1-11(2)16(10-29)27-20-26-15(12-4-3-7-24-9-12)8-17(28-20)25-14-6-5-13(21)18(22)19(14)23/h3-9,11,16,29H,10H2,1-2H3,(H2,25,26,27,28)/t16-/m0/s1. The lowest BCUT2D eigenvalue weighted by Gasteiger charge is -2.20. The first-order chi connectivity index (χ1) is 13.9. The van der Waals surface area contributed by atoms with Crippen LogP contribution in [0.25, 0.3) is 11.3 Å². The fourth-order valence-corrected chi connectivity index (χ4v) is 2.59. The van der Waals surface area contributed by atoms with Gasteiger partial charge in [0.15, 0.2) is 17.5 Å². The van der Waals surface area contributed by atoms with Crippen LogP contribution in [0.3, 0.4) is 0 Å². The van der Waals surface area contributed by atoms with Gasteiger partial charge in [-0.25, -0.2) is 18.2 Å². The molecule has 0 aliphatic heterocycles. The van der Waals surface area contributed by atoms with E-state index in [4.69, 9.17) is 0 Å². The van der Waals surface area contributed by atoms with Crippen molar-refractivity contribution >= 4 is 17.5 Å². The molecule has 1 aromatic carbocycles. The molecule has 0 spiro atoms. The Morgan fingerprint density at radius 1 is 1.07 bits per heavy atom. The third-order valence-electron chi connectivity index (χ3n) is 4.30. The second-order valence-corrected chi connectivity index (χ2v) is 6.73. The van der Waals surface area contributed by atoms with Gasteiger partial charge in [0.25, 0.3) is 0 Å². The van der Waals surface area contributed by atoms with Crippen LogP contribution in [0.1, 0.15) is 13.8 Å². The molecule has 0 saturated heterocycles. The number of aromatic nitrogens is 3. The molecular formula is C20H20F3N5O. The van der Waals surface area contributed by atoms with Crippen LogP contribution in [0.4, 0.5) is 30.6 Å². The van der Waals surface area contributed by atoms with Gasteiger partial charge in [0, 0.05) is 24.0 Å². The number of hydrogen-bond acceptors (Lipinski definition) is 6. The number of nitrogens with zero attached hydrogens (tertiary/aromatic N) is 3. The minimum atomic E-state index is -1.57. The Morgan fingerprint density at radius 3 is 2.52 bits per heavy atom. The van der Waals surface area contributed by atoms with E-state index in [2.05, 4.69) is 25.6 Å². The molecular weight excluding hydrogens is 383 g/mol. The summed E-state index contributed by atoms with van der Waals surface area (Å²) in [5, 5.41) is 15.3. The van der Waals surface area contributed by atoms with Crippen molar-refractivity contribution in [2.75, 3.05) is 17.2 Å². The van der Waals surface area contributed by atoms with Crippen molar-refractivity contribution < 1.29 is 18.3 Å². The van der Waals surface area contributed by atoms with Crippen LogP contribution in [0.5, 0.6) is 0 Å². The monoisotopic (exact) mass is 403 g/mol. The molecule has 9 heteroatoms. The van der Waals surface area contributed by atoms with Gasteiger partial charge in [0.05, 0.1) is 24.0 Å². The maximum Gasteiger partial charge on any atom is 0.225 e. The van der Waals surface area contributed by atoms with Gasteiger partial charge in [-0.1, -0.05) is 13.8 Å². The molecule has 0 unspecified atom stereocenters. The molecule has 152 valence electrons. The summed E-state index contributed by atoms with van der Waals surface area (Å²) < 4.78 is 40.8. The minimum absolute atomic E-state index is 0.0886. The smallest absolute Gasteiger partial charge is 0.225 e. The summed E-state index contributed by atoms with van der Waals surface area (Å²) in [5.74, 6) is -3.77. The van der Waals surface area contributed by atoms with Crippen molar-refractivity contribution in [2.45, 2.75) is 19.9 Å². The molecule has 2 aromatic heterocycles. The highest BCUT2D eigenvalue weighted by Crippen LogP contribution is 2.26. The first-order valence-electron chi connectivity index (χ1n) is 8.96. The summed E-state index contributed by atoms with van der Waals surface area (Å²) in [4.78, 5) is 12.8. The third kappa shape index (κ3) is 4.80. The van der Waals surface area contributed by atoms with Gasteiger partial charge in [-0.05, 0) is 30.2 Å². The van der Waals surface area contributed by atoms with Gasteiger partial charge in [0.1, 0.15) is 5.82 Å². The Bertz CT molecular complexity index is 985. The largest absolute Gasteiger partial charge is 0.394 e.